The van der Waals surface area contributed by atoms with Crippen LogP contribution in [0.1, 0.15) is 18.4 Å². The Bertz CT molecular complexity index is 892. The van der Waals surface area contributed by atoms with Gasteiger partial charge >= 0.3 is 0 Å². The van der Waals surface area contributed by atoms with E-state index in [1.54, 1.807) is 25.1 Å². The molecule has 1 saturated heterocycles. The first-order chi connectivity index (χ1) is 12.4. The lowest BCUT2D eigenvalue weighted by molar-refractivity contribution is -0.120. The Morgan fingerprint density at radius 3 is 2.38 bits per heavy atom. The van der Waals surface area contributed by atoms with Crippen LogP contribution < -0.4 is 5.32 Å². The van der Waals surface area contributed by atoms with Crippen molar-refractivity contribution in [2.75, 3.05) is 18.4 Å². The van der Waals surface area contributed by atoms with Gasteiger partial charge in [0.1, 0.15) is 0 Å². The quantitative estimate of drug-likeness (QED) is 0.862. The van der Waals surface area contributed by atoms with Crippen molar-refractivity contribution >= 4 is 33.2 Å². The van der Waals surface area contributed by atoms with Gasteiger partial charge in [0, 0.05) is 29.7 Å². The van der Waals surface area contributed by atoms with E-state index in [9.17, 15) is 13.2 Å². The van der Waals surface area contributed by atoms with Gasteiger partial charge in [-0.05, 0) is 55.7 Å². The number of carbonyl (C=O) groups is 1. The average Bonchev–Trinajstić information content (AvgIpc) is 2.62. The topological polar surface area (TPSA) is 66.5 Å². The smallest absolute Gasteiger partial charge is 0.243 e. The molecule has 0 radical (unpaired) electrons. The highest BCUT2D eigenvalue weighted by Gasteiger charge is 2.32. The molecule has 138 valence electrons. The molecule has 5 nitrogen and oxygen atoms in total. The van der Waals surface area contributed by atoms with Gasteiger partial charge in [-0.25, -0.2) is 8.42 Å². The van der Waals surface area contributed by atoms with Crippen LogP contribution in [-0.2, 0) is 14.8 Å². The molecule has 1 aliphatic heterocycles. The Hall–Kier alpha value is -1.89. The highest BCUT2D eigenvalue weighted by molar-refractivity contribution is 7.89. The number of nitrogens with zero attached hydrogens (tertiary/aromatic N) is 1. The molecule has 0 atom stereocenters. The highest BCUT2D eigenvalue weighted by Crippen LogP contribution is 2.27. The van der Waals surface area contributed by atoms with Gasteiger partial charge in [0.25, 0.3) is 0 Å². The molecule has 0 spiro atoms. The fourth-order valence-electron chi connectivity index (χ4n) is 3.17. The first-order valence-corrected chi connectivity index (χ1v) is 10.3. The van der Waals surface area contributed by atoms with Crippen LogP contribution >= 0.6 is 11.6 Å². The maximum atomic E-state index is 12.9. The van der Waals surface area contributed by atoms with Gasteiger partial charge in [-0.2, -0.15) is 4.31 Å². The molecule has 1 aliphatic rings. The van der Waals surface area contributed by atoms with Crippen LogP contribution in [0.3, 0.4) is 0 Å². The summed E-state index contributed by atoms with van der Waals surface area (Å²) in [6, 6.07) is 14.1. The zero-order valence-corrected chi connectivity index (χ0v) is 16.1. The second-order valence-corrected chi connectivity index (χ2v) is 8.79. The molecule has 0 bridgehead atoms. The lowest BCUT2D eigenvalue weighted by Crippen LogP contribution is -2.41. The summed E-state index contributed by atoms with van der Waals surface area (Å²) in [5, 5.41) is 3.40. The maximum absolute atomic E-state index is 12.9. The molecule has 7 heteroatoms. The van der Waals surface area contributed by atoms with Crippen molar-refractivity contribution in [2.24, 2.45) is 5.92 Å². The molecule has 1 fully saturated rings. The van der Waals surface area contributed by atoms with Gasteiger partial charge in [0.05, 0.1) is 4.90 Å². The van der Waals surface area contributed by atoms with Gasteiger partial charge in [-0.15, -0.1) is 0 Å². The Kier molecular flexibility index (Phi) is 5.65. The fraction of sp³-hybridized carbons (Fsp3) is 0.316. The van der Waals surface area contributed by atoms with Crippen LogP contribution in [0, 0.1) is 12.8 Å². The van der Waals surface area contributed by atoms with Gasteiger partial charge in [0.15, 0.2) is 0 Å². The number of piperidine rings is 1. The third-order valence-electron chi connectivity index (χ3n) is 4.62. The van der Waals surface area contributed by atoms with E-state index in [-0.39, 0.29) is 16.7 Å². The van der Waals surface area contributed by atoms with Crippen molar-refractivity contribution < 1.29 is 13.2 Å². The molecule has 3 rings (SSSR count). The lowest BCUT2D eigenvalue weighted by Gasteiger charge is -2.31. The van der Waals surface area contributed by atoms with E-state index in [1.165, 1.54) is 4.31 Å². The van der Waals surface area contributed by atoms with Gasteiger partial charge in [-0.1, -0.05) is 29.8 Å². The summed E-state index contributed by atoms with van der Waals surface area (Å²) in [7, 11) is -3.57. The van der Waals surface area contributed by atoms with Gasteiger partial charge in [0.2, 0.25) is 15.9 Å². The van der Waals surface area contributed by atoms with E-state index in [0.29, 0.717) is 36.5 Å². The number of hydrogen-bond acceptors (Lipinski definition) is 3. The summed E-state index contributed by atoms with van der Waals surface area (Å²) >= 11 is 5.92. The van der Waals surface area contributed by atoms with E-state index in [1.807, 2.05) is 30.3 Å². The number of amides is 1. The predicted octanol–water partition coefficient (Wildman–Crippen LogP) is 3.69. The van der Waals surface area contributed by atoms with E-state index in [4.69, 9.17) is 11.6 Å². The number of halogens is 1. The van der Waals surface area contributed by atoms with E-state index < -0.39 is 10.0 Å². The minimum atomic E-state index is -3.57. The normalized spacial score (nSPS) is 16.4. The summed E-state index contributed by atoms with van der Waals surface area (Å²) in [4.78, 5) is 12.7. The SMILES string of the molecule is Cc1cc(Cl)ccc1S(=O)(=O)N1CCC(C(=O)Nc2ccccc2)CC1. The minimum absolute atomic E-state index is 0.0593. The van der Waals surface area contributed by atoms with Crippen LogP contribution in [0.5, 0.6) is 0 Å². The Morgan fingerprint density at radius 2 is 1.77 bits per heavy atom. The van der Waals surface area contributed by atoms with Crippen molar-refractivity contribution in [3.63, 3.8) is 0 Å². The van der Waals surface area contributed by atoms with Crippen LogP contribution in [0.15, 0.2) is 53.4 Å². The van der Waals surface area contributed by atoms with Crippen LogP contribution in [-0.4, -0.2) is 31.7 Å². The number of benzene rings is 2. The highest BCUT2D eigenvalue weighted by atomic mass is 35.5. The van der Waals surface area contributed by atoms with Gasteiger partial charge < -0.3 is 5.32 Å². The number of carbonyl (C=O) groups excluding carboxylic acids is 1. The molecule has 1 heterocycles. The third kappa shape index (κ3) is 4.09. The average molecular weight is 393 g/mol. The lowest BCUT2D eigenvalue weighted by atomic mass is 9.97. The van der Waals surface area contributed by atoms with Gasteiger partial charge in [-0.3, -0.25) is 4.79 Å². The largest absolute Gasteiger partial charge is 0.326 e. The van der Waals surface area contributed by atoms with E-state index in [0.717, 1.165) is 5.69 Å². The molecule has 1 amide bonds. The predicted molar refractivity (Wildman–Crippen MR) is 103 cm³/mol. The fourth-order valence-corrected chi connectivity index (χ4v) is 5.07. The Labute approximate surface area is 159 Å². The van der Waals surface area contributed by atoms with Crippen molar-refractivity contribution in [3.05, 3.63) is 59.1 Å². The molecule has 26 heavy (non-hydrogen) atoms. The summed E-state index contributed by atoms with van der Waals surface area (Å²) in [6.07, 6.45) is 1.01. The van der Waals surface area contributed by atoms with E-state index in [2.05, 4.69) is 5.32 Å². The molecule has 0 aliphatic carbocycles. The number of aryl methyl sites for hydroxylation is 1. The third-order valence-corrected chi connectivity index (χ3v) is 6.91. The molecule has 2 aromatic rings. The standard InChI is InChI=1S/C19H21ClN2O3S/c1-14-13-16(20)7-8-18(14)26(24,25)22-11-9-15(10-12-22)19(23)21-17-5-3-2-4-6-17/h2-8,13,15H,9-12H2,1H3,(H,21,23). The zero-order valence-electron chi connectivity index (χ0n) is 14.5. The number of rotatable bonds is 4. The molecule has 1 N–H and O–H groups in total. The summed E-state index contributed by atoms with van der Waals surface area (Å²) < 4.78 is 27.2. The molecular weight excluding hydrogens is 372 g/mol. The summed E-state index contributed by atoms with van der Waals surface area (Å²) in [5.74, 6) is -0.246. The Morgan fingerprint density at radius 1 is 1.12 bits per heavy atom. The molecule has 0 aromatic heterocycles. The monoisotopic (exact) mass is 392 g/mol. The zero-order chi connectivity index (χ0) is 18.7. The molecule has 0 saturated carbocycles. The summed E-state index contributed by atoms with van der Waals surface area (Å²) in [6.45, 7) is 2.40. The molecule has 2 aromatic carbocycles. The van der Waals surface area contributed by atoms with Crippen LogP contribution in [0.4, 0.5) is 5.69 Å². The second-order valence-electron chi connectivity index (χ2n) is 6.44. The second kappa shape index (κ2) is 7.78. The van der Waals surface area contributed by atoms with Crippen molar-refractivity contribution in [1.82, 2.24) is 4.31 Å². The first-order valence-electron chi connectivity index (χ1n) is 8.50. The number of para-hydroxylation sites is 1. The number of nitrogens with one attached hydrogen (secondary N) is 1. The van der Waals surface area contributed by atoms with Crippen LogP contribution in [0.2, 0.25) is 5.02 Å². The Balaban J connectivity index is 1.65. The van der Waals surface area contributed by atoms with Crippen molar-refractivity contribution in [3.8, 4) is 0 Å². The van der Waals surface area contributed by atoms with E-state index >= 15 is 0 Å². The molecule has 0 unspecified atom stereocenters. The first kappa shape index (κ1) is 18.9. The molecular formula is C19H21ClN2O3S. The van der Waals surface area contributed by atoms with Crippen molar-refractivity contribution in [2.45, 2.75) is 24.7 Å². The van der Waals surface area contributed by atoms with Crippen LogP contribution in [0.25, 0.3) is 0 Å². The number of sulfonamides is 1. The number of hydrogen-bond donors (Lipinski definition) is 1. The number of anilines is 1. The maximum Gasteiger partial charge on any atom is 0.243 e. The summed E-state index contributed by atoms with van der Waals surface area (Å²) in [5.41, 5.74) is 1.38. The van der Waals surface area contributed by atoms with Crippen molar-refractivity contribution in [1.29, 1.82) is 0 Å². The minimum Gasteiger partial charge on any atom is -0.326 e.